The second-order valence-corrected chi connectivity index (χ2v) is 5.57. The van der Waals surface area contributed by atoms with Crippen LogP contribution in [0.3, 0.4) is 0 Å². The van der Waals surface area contributed by atoms with Gasteiger partial charge in [0.05, 0.1) is 6.10 Å². The van der Waals surface area contributed by atoms with Gasteiger partial charge in [-0.3, -0.25) is 0 Å². The van der Waals surface area contributed by atoms with Gasteiger partial charge in [-0.1, -0.05) is 6.92 Å². The summed E-state index contributed by atoms with van der Waals surface area (Å²) in [6.07, 6.45) is 4.30. The molecule has 0 amide bonds. The zero-order valence-electron chi connectivity index (χ0n) is 10.5. The van der Waals surface area contributed by atoms with E-state index in [1.54, 1.807) is 0 Å². The van der Waals surface area contributed by atoms with E-state index in [1.807, 2.05) is 0 Å². The molecule has 3 nitrogen and oxygen atoms in total. The van der Waals surface area contributed by atoms with Gasteiger partial charge in [0.1, 0.15) is 0 Å². The number of nitrogens with zero attached hydrogens (tertiary/aromatic N) is 1. The van der Waals surface area contributed by atoms with Crippen molar-refractivity contribution in [2.75, 3.05) is 39.8 Å². The van der Waals surface area contributed by atoms with Crippen LogP contribution in [0, 0.1) is 5.41 Å². The van der Waals surface area contributed by atoms with Crippen molar-refractivity contribution in [3.05, 3.63) is 0 Å². The summed E-state index contributed by atoms with van der Waals surface area (Å²) in [5.74, 6) is 0. The predicted molar refractivity (Wildman–Crippen MR) is 69.3 cm³/mol. The van der Waals surface area contributed by atoms with Crippen molar-refractivity contribution in [2.24, 2.45) is 5.41 Å². The van der Waals surface area contributed by atoms with Gasteiger partial charge >= 0.3 is 0 Å². The van der Waals surface area contributed by atoms with Crippen LogP contribution in [-0.4, -0.2) is 50.8 Å². The molecule has 16 heavy (non-hydrogen) atoms. The Kier molecular flexibility index (Phi) is 5.51. The van der Waals surface area contributed by atoms with Gasteiger partial charge in [-0.05, 0) is 38.3 Å². The Labute approximate surface area is 105 Å². The van der Waals surface area contributed by atoms with Crippen molar-refractivity contribution in [1.82, 2.24) is 10.2 Å². The van der Waals surface area contributed by atoms with Gasteiger partial charge in [0.25, 0.3) is 0 Å². The van der Waals surface area contributed by atoms with Crippen LogP contribution in [0.4, 0.5) is 0 Å². The minimum atomic E-state index is 0. The molecule has 2 aliphatic heterocycles. The molecule has 0 aliphatic carbocycles. The van der Waals surface area contributed by atoms with Gasteiger partial charge in [0, 0.05) is 26.2 Å². The van der Waals surface area contributed by atoms with Crippen LogP contribution in [0.1, 0.15) is 26.2 Å². The lowest BCUT2D eigenvalue weighted by Gasteiger charge is -2.30. The average Bonchev–Trinajstić information content (AvgIpc) is 2.76. The van der Waals surface area contributed by atoms with Gasteiger partial charge in [-0.2, -0.15) is 0 Å². The molecule has 0 aromatic heterocycles. The van der Waals surface area contributed by atoms with E-state index >= 15 is 0 Å². The van der Waals surface area contributed by atoms with Gasteiger partial charge in [0.15, 0.2) is 0 Å². The van der Waals surface area contributed by atoms with Gasteiger partial charge in [0.2, 0.25) is 0 Å². The van der Waals surface area contributed by atoms with Gasteiger partial charge in [-0.15, -0.1) is 12.4 Å². The molecule has 96 valence electrons. The fourth-order valence-electron chi connectivity index (χ4n) is 2.86. The largest absolute Gasteiger partial charge is 0.377 e. The quantitative estimate of drug-likeness (QED) is 0.817. The highest BCUT2D eigenvalue weighted by atomic mass is 35.5. The number of ether oxygens (including phenoxy) is 1. The Morgan fingerprint density at radius 2 is 2.31 bits per heavy atom. The van der Waals surface area contributed by atoms with Crippen LogP contribution >= 0.6 is 12.4 Å². The minimum absolute atomic E-state index is 0. The average molecular weight is 249 g/mol. The van der Waals surface area contributed by atoms with E-state index in [9.17, 15) is 0 Å². The standard InChI is InChI=1S/C12H24N2O.ClH/c1-12(5-6-13-9-12)10-14(2)8-11-4-3-7-15-11;/h11,13H,3-10H2,1-2H3;1H/t11-,12?;/m1./s1. The fourth-order valence-corrected chi connectivity index (χ4v) is 2.86. The minimum Gasteiger partial charge on any atom is -0.377 e. The number of rotatable bonds is 4. The highest BCUT2D eigenvalue weighted by molar-refractivity contribution is 5.85. The molecule has 2 atom stereocenters. The molecule has 2 rings (SSSR count). The lowest BCUT2D eigenvalue weighted by molar-refractivity contribution is 0.0697. The highest BCUT2D eigenvalue weighted by Crippen LogP contribution is 2.25. The van der Waals surface area contributed by atoms with Crippen LogP contribution < -0.4 is 5.32 Å². The first kappa shape index (κ1) is 14.2. The Morgan fingerprint density at radius 1 is 1.50 bits per heavy atom. The lowest BCUT2D eigenvalue weighted by atomic mass is 9.89. The Bertz CT molecular complexity index is 201. The summed E-state index contributed by atoms with van der Waals surface area (Å²) in [7, 11) is 2.23. The first-order valence-electron chi connectivity index (χ1n) is 6.19. The van der Waals surface area contributed by atoms with Crippen LogP contribution in [0.15, 0.2) is 0 Å². The summed E-state index contributed by atoms with van der Waals surface area (Å²) < 4.78 is 5.66. The molecule has 2 aliphatic rings. The summed E-state index contributed by atoms with van der Waals surface area (Å²) in [4.78, 5) is 2.45. The van der Waals surface area contributed by atoms with Crippen molar-refractivity contribution >= 4 is 12.4 Å². The molecule has 1 unspecified atom stereocenters. The maximum atomic E-state index is 5.66. The predicted octanol–water partition coefficient (Wildman–Crippen LogP) is 1.52. The second-order valence-electron chi connectivity index (χ2n) is 5.57. The van der Waals surface area contributed by atoms with E-state index in [1.165, 1.54) is 38.9 Å². The molecule has 2 fully saturated rings. The van der Waals surface area contributed by atoms with Gasteiger partial charge < -0.3 is 15.0 Å². The summed E-state index contributed by atoms with van der Waals surface area (Å²) >= 11 is 0. The molecular weight excluding hydrogens is 224 g/mol. The molecule has 0 spiro atoms. The van der Waals surface area contributed by atoms with E-state index in [2.05, 4.69) is 24.2 Å². The van der Waals surface area contributed by atoms with Crippen LogP contribution in [-0.2, 0) is 4.74 Å². The third-order valence-corrected chi connectivity index (χ3v) is 3.65. The molecule has 0 aromatic rings. The zero-order chi connectivity index (χ0) is 10.7. The van der Waals surface area contributed by atoms with Crippen molar-refractivity contribution < 1.29 is 4.74 Å². The summed E-state index contributed by atoms with van der Waals surface area (Å²) in [5, 5.41) is 3.45. The molecule has 0 bridgehead atoms. The van der Waals surface area contributed by atoms with E-state index in [0.717, 1.165) is 13.2 Å². The maximum Gasteiger partial charge on any atom is 0.0702 e. The topological polar surface area (TPSA) is 24.5 Å². The van der Waals surface area contributed by atoms with E-state index in [4.69, 9.17) is 4.74 Å². The third-order valence-electron chi connectivity index (χ3n) is 3.65. The van der Waals surface area contributed by atoms with Crippen LogP contribution in [0.25, 0.3) is 0 Å². The summed E-state index contributed by atoms with van der Waals surface area (Å²) in [5.41, 5.74) is 0.480. The fraction of sp³-hybridized carbons (Fsp3) is 1.00. The number of nitrogens with one attached hydrogen (secondary N) is 1. The molecule has 0 saturated carbocycles. The SMILES string of the molecule is CN(C[C@H]1CCCO1)CC1(C)CCNC1.Cl. The number of hydrogen-bond acceptors (Lipinski definition) is 3. The van der Waals surface area contributed by atoms with Gasteiger partial charge in [-0.25, -0.2) is 0 Å². The first-order chi connectivity index (χ1) is 7.18. The molecule has 2 saturated heterocycles. The summed E-state index contributed by atoms with van der Waals surface area (Å²) in [6.45, 7) is 8.01. The highest BCUT2D eigenvalue weighted by Gasteiger charge is 2.30. The molecule has 2 heterocycles. The van der Waals surface area contributed by atoms with E-state index < -0.39 is 0 Å². The van der Waals surface area contributed by atoms with E-state index in [-0.39, 0.29) is 12.4 Å². The third kappa shape index (κ3) is 3.88. The van der Waals surface area contributed by atoms with Crippen molar-refractivity contribution in [2.45, 2.75) is 32.3 Å². The Morgan fingerprint density at radius 3 is 2.88 bits per heavy atom. The normalized spacial score (nSPS) is 34.3. The molecule has 4 heteroatoms. The lowest BCUT2D eigenvalue weighted by Crippen LogP contribution is -2.38. The Balaban J connectivity index is 0.00000128. The summed E-state index contributed by atoms with van der Waals surface area (Å²) in [6, 6.07) is 0. The number of hydrogen-bond donors (Lipinski definition) is 1. The number of likely N-dealkylation sites (N-methyl/N-ethyl adjacent to an activating group) is 1. The first-order valence-corrected chi connectivity index (χ1v) is 6.19. The molecule has 0 radical (unpaired) electrons. The molecule has 1 N–H and O–H groups in total. The maximum absolute atomic E-state index is 5.66. The van der Waals surface area contributed by atoms with Crippen molar-refractivity contribution in [1.29, 1.82) is 0 Å². The van der Waals surface area contributed by atoms with Crippen molar-refractivity contribution in [3.8, 4) is 0 Å². The smallest absolute Gasteiger partial charge is 0.0702 e. The molecule has 0 aromatic carbocycles. The van der Waals surface area contributed by atoms with E-state index in [0.29, 0.717) is 11.5 Å². The Hall–Kier alpha value is 0.170. The monoisotopic (exact) mass is 248 g/mol. The van der Waals surface area contributed by atoms with Crippen LogP contribution in [0.2, 0.25) is 0 Å². The number of halogens is 1. The van der Waals surface area contributed by atoms with Crippen molar-refractivity contribution in [3.63, 3.8) is 0 Å². The zero-order valence-corrected chi connectivity index (χ0v) is 11.3. The van der Waals surface area contributed by atoms with Crippen LogP contribution in [0.5, 0.6) is 0 Å². The molecular formula is C12H25ClN2O. The second kappa shape index (κ2) is 6.20.